The zero-order valence-electron chi connectivity index (χ0n) is 20.8. The van der Waals surface area contributed by atoms with E-state index in [9.17, 15) is 14.7 Å². The molecule has 0 amide bonds. The van der Waals surface area contributed by atoms with Crippen molar-refractivity contribution in [3.05, 3.63) is 23.8 Å². The van der Waals surface area contributed by atoms with Crippen LogP contribution in [0.1, 0.15) is 66.7 Å². The number of ether oxygens (including phenoxy) is 3. The van der Waals surface area contributed by atoms with E-state index >= 15 is 0 Å². The van der Waals surface area contributed by atoms with Crippen molar-refractivity contribution in [3.8, 4) is 0 Å². The van der Waals surface area contributed by atoms with Crippen LogP contribution in [0.15, 0.2) is 23.8 Å². The Morgan fingerprint density at radius 1 is 1.18 bits per heavy atom. The first-order valence-electron chi connectivity index (χ1n) is 13.1. The molecule has 12 atom stereocenters. The standard InChI is InChI=1S/C28H36O6/c1-14(19-13-25(3)27(5,34-25)23(31)32-19)17-12-18(29)22-15-11-21-28(33-21)9-6-7-20(30)26(28,4)16(15)8-10-24(17,22)2/h6-7,12,14-16,19,21-23,31H,8-11,13H2,1-5H3/t14-,15+,16-,19?,21-,22+,23+,24+,25-,26-,27+,28-/m0/s1. The van der Waals surface area contributed by atoms with Gasteiger partial charge in [-0.1, -0.05) is 25.5 Å². The fourth-order valence-corrected chi connectivity index (χ4v) is 9.45. The third-order valence-electron chi connectivity index (χ3n) is 11.9. The Bertz CT molecular complexity index is 1080. The minimum Gasteiger partial charge on any atom is -0.366 e. The lowest BCUT2D eigenvalue weighted by atomic mass is 9.44. The van der Waals surface area contributed by atoms with Crippen molar-refractivity contribution < 1.29 is 28.9 Å². The fourth-order valence-electron chi connectivity index (χ4n) is 9.45. The molecule has 3 heterocycles. The molecule has 1 spiro atoms. The number of allylic oxidation sites excluding steroid dienone is 2. The normalized spacial score (nSPS) is 59.8. The van der Waals surface area contributed by atoms with Crippen LogP contribution in [0.4, 0.5) is 0 Å². The zero-order valence-corrected chi connectivity index (χ0v) is 20.8. The fraction of sp³-hybridized carbons (Fsp3) is 0.786. The van der Waals surface area contributed by atoms with Crippen molar-refractivity contribution in [1.29, 1.82) is 0 Å². The van der Waals surface area contributed by atoms with Crippen molar-refractivity contribution in [2.24, 2.45) is 34.5 Å². The van der Waals surface area contributed by atoms with E-state index in [-0.39, 0.29) is 64.1 Å². The SMILES string of the molecule is C[C@@H](C1=CC(=O)[C@H]2[C@@H]3C[C@@H]4O[C@@]45CC=CC(=O)[C@]5(C)[C@H]3CC[C@]12C)C1C[C@]2(C)O[C@]2(C)[C@H](O)O1. The molecule has 7 aliphatic rings. The van der Waals surface area contributed by atoms with Gasteiger partial charge in [-0.05, 0) is 75.9 Å². The third-order valence-corrected chi connectivity index (χ3v) is 11.9. The van der Waals surface area contributed by atoms with Gasteiger partial charge in [0.25, 0.3) is 0 Å². The van der Waals surface area contributed by atoms with Gasteiger partial charge in [-0.3, -0.25) is 9.59 Å². The molecule has 1 unspecified atom stereocenters. The first kappa shape index (κ1) is 21.9. The number of fused-ring (bicyclic) bond motifs is 5. The molecule has 0 aromatic heterocycles. The molecule has 4 aliphatic carbocycles. The molecule has 5 fully saturated rings. The van der Waals surface area contributed by atoms with Crippen LogP contribution in [0, 0.1) is 34.5 Å². The Labute approximate surface area is 201 Å². The number of aliphatic hydroxyl groups is 1. The topological polar surface area (TPSA) is 88.7 Å². The molecular formula is C28H36O6. The molecule has 0 aromatic carbocycles. The Balaban J connectivity index is 1.20. The second kappa shape index (κ2) is 6.13. The predicted molar refractivity (Wildman–Crippen MR) is 123 cm³/mol. The van der Waals surface area contributed by atoms with Gasteiger partial charge >= 0.3 is 0 Å². The lowest BCUT2D eigenvalue weighted by Gasteiger charge is -2.56. The minimum absolute atomic E-state index is 0.00501. The van der Waals surface area contributed by atoms with Crippen LogP contribution in [0.5, 0.6) is 0 Å². The van der Waals surface area contributed by atoms with Gasteiger partial charge in [0, 0.05) is 18.3 Å². The maximum absolute atomic E-state index is 13.7. The van der Waals surface area contributed by atoms with Gasteiger partial charge in [-0.15, -0.1) is 0 Å². The number of rotatable bonds is 2. The van der Waals surface area contributed by atoms with Crippen molar-refractivity contribution >= 4 is 11.6 Å². The second-order valence-corrected chi connectivity index (χ2v) is 13.1. The van der Waals surface area contributed by atoms with Gasteiger partial charge in [0.1, 0.15) is 16.8 Å². The highest BCUT2D eigenvalue weighted by Gasteiger charge is 2.78. The van der Waals surface area contributed by atoms with Gasteiger partial charge in [0.2, 0.25) is 0 Å². The molecule has 7 rings (SSSR count). The maximum Gasteiger partial charge on any atom is 0.186 e. The number of carbonyl (C=O) groups excluding carboxylic acids is 2. The Hall–Kier alpha value is -1.34. The molecule has 3 saturated heterocycles. The molecule has 2 saturated carbocycles. The summed E-state index contributed by atoms with van der Waals surface area (Å²) in [6, 6.07) is 0. The zero-order chi connectivity index (χ0) is 24.1. The lowest BCUT2D eigenvalue weighted by molar-refractivity contribution is -0.192. The molecule has 0 bridgehead atoms. The van der Waals surface area contributed by atoms with E-state index in [1.165, 1.54) is 0 Å². The molecule has 6 nitrogen and oxygen atoms in total. The summed E-state index contributed by atoms with van der Waals surface area (Å²) in [6.45, 7) is 10.4. The lowest BCUT2D eigenvalue weighted by Crippen LogP contribution is -2.60. The molecule has 0 radical (unpaired) electrons. The number of ketones is 2. The Morgan fingerprint density at radius 2 is 1.94 bits per heavy atom. The van der Waals surface area contributed by atoms with Crippen molar-refractivity contribution in [2.75, 3.05) is 0 Å². The summed E-state index contributed by atoms with van der Waals surface area (Å²) in [6.07, 6.45) is 8.73. The molecule has 6 heteroatoms. The van der Waals surface area contributed by atoms with Crippen LogP contribution in [0.3, 0.4) is 0 Å². The van der Waals surface area contributed by atoms with Crippen molar-refractivity contribution in [1.82, 2.24) is 0 Å². The minimum atomic E-state index is -0.959. The van der Waals surface area contributed by atoms with Crippen molar-refractivity contribution in [3.63, 3.8) is 0 Å². The van der Waals surface area contributed by atoms with Crippen LogP contribution >= 0.6 is 0 Å². The van der Waals surface area contributed by atoms with E-state index in [0.29, 0.717) is 6.42 Å². The van der Waals surface area contributed by atoms with Crippen LogP contribution < -0.4 is 0 Å². The van der Waals surface area contributed by atoms with Gasteiger partial charge < -0.3 is 19.3 Å². The average molecular weight is 469 g/mol. The second-order valence-electron chi connectivity index (χ2n) is 13.1. The maximum atomic E-state index is 13.7. The van der Waals surface area contributed by atoms with E-state index in [2.05, 4.69) is 20.8 Å². The monoisotopic (exact) mass is 468 g/mol. The number of hydrogen-bond acceptors (Lipinski definition) is 6. The quantitative estimate of drug-likeness (QED) is 0.624. The number of aliphatic hydroxyl groups excluding tert-OH is 1. The van der Waals surface area contributed by atoms with E-state index in [1.807, 2.05) is 26.0 Å². The van der Waals surface area contributed by atoms with Crippen LogP contribution in [0.25, 0.3) is 0 Å². The largest absolute Gasteiger partial charge is 0.366 e. The number of epoxide rings is 2. The summed E-state index contributed by atoms with van der Waals surface area (Å²) < 4.78 is 18.3. The van der Waals surface area contributed by atoms with Crippen molar-refractivity contribution in [2.45, 2.75) is 102 Å². The third kappa shape index (κ3) is 2.24. The summed E-state index contributed by atoms with van der Waals surface area (Å²) in [4.78, 5) is 26.9. The first-order chi connectivity index (χ1) is 15.9. The molecule has 0 aromatic rings. The number of carbonyl (C=O) groups is 2. The van der Waals surface area contributed by atoms with E-state index in [1.54, 1.807) is 6.08 Å². The smallest absolute Gasteiger partial charge is 0.186 e. The highest BCUT2D eigenvalue weighted by atomic mass is 16.7. The highest BCUT2D eigenvalue weighted by molar-refractivity contribution is 5.99. The van der Waals surface area contributed by atoms with E-state index < -0.39 is 17.3 Å². The van der Waals surface area contributed by atoms with Crippen LogP contribution in [0.2, 0.25) is 0 Å². The Kier molecular flexibility index (Phi) is 3.95. The molecule has 184 valence electrons. The summed E-state index contributed by atoms with van der Waals surface area (Å²) >= 11 is 0. The summed E-state index contributed by atoms with van der Waals surface area (Å²) in [5, 5.41) is 10.6. The van der Waals surface area contributed by atoms with Gasteiger partial charge in [-0.2, -0.15) is 0 Å². The predicted octanol–water partition coefficient (Wildman–Crippen LogP) is 3.51. The van der Waals surface area contributed by atoms with Crippen LogP contribution in [-0.4, -0.2) is 52.0 Å². The first-order valence-corrected chi connectivity index (χ1v) is 13.1. The van der Waals surface area contributed by atoms with Crippen LogP contribution in [-0.2, 0) is 23.8 Å². The molecule has 1 N–H and O–H groups in total. The summed E-state index contributed by atoms with van der Waals surface area (Å²) in [5.74, 6) is 0.583. The van der Waals surface area contributed by atoms with Gasteiger partial charge in [-0.25, -0.2) is 0 Å². The van der Waals surface area contributed by atoms with Gasteiger partial charge in [0.15, 0.2) is 17.9 Å². The number of hydrogen-bond donors (Lipinski definition) is 1. The van der Waals surface area contributed by atoms with Gasteiger partial charge in [0.05, 0.1) is 17.6 Å². The van der Waals surface area contributed by atoms with E-state index in [0.717, 1.165) is 31.3 Å². The Morgan fingerprint density at radius 3 is 2.68 bits per heavy atom. The average Bonchev–Trinajstić information content (AvgIpc) is 3.59. The summed E-state index contributed by atoms with van der Waals surface area (Å²) in [7, 11) is 0. The highest BCUT2D eigenvalue weighted by Crippen LogP contribution is 2.72. The molecule has 3 aliphatic heterocycles. The molecule has 34 heavy (non-hydrogen) atoms. The van der Waals surface area contributed by atoms with E-state index in [4.69, 9.17) is 14.2 Å². The summed E-state index contributed by atoms with van der Waals surface area (Å²) in [5.41, 5.74) is -1.01. The molecular weight excluding hydrogens is 432 g/mol.